The van der Waals surface area contributed by atoms with Crippen molar-refractivity contribution in [2.45, 2.75) is 19.5 Å². The van der Waals surface area contributed by atoms with Crippen LogP contribution in [0.5, 0.6) is 11.5 Å². The lowest BCUT2D eigenvalue weighted by Gasteiger charge is -2.17. The number of aromatic nitrogens is 5. The Morgan fingerprint density at radius 3 is 2.34 bits per heavy atom. The molecule has 2 aromatic heterocycles. The van der Waals surface area contributed by atoms with Crippen LogP contribution in [0.1, 0.15) is 24.1 Å². The van der Waals surface area contributed by atoms with Crippen LogP contribution in [-0.4, -0.2) is 39.4 Å². The monoisotopic (exact) mass is 511 g/mol. The molecule has 10 heteroatoms. The van der Waals surface area contributed by atoms with E-state index in [2.05, 4.69) is 25.8 Å². The van der Waals surface area contributed by atoms with Crippen LogP contribution in [0.15, 0.2) is 72.8 Å². The van der Waals surface area contributed by atoms with Gasteiger partial charge in [0.05, 0.1) is 20.3 Å². The molecule has 0 aliphatic heterocycles. The van der Waals surface area contributed by atoms with Crippen molar-refractivity contribution in [1.82, 2.24) is 25.1 Å². The van der Waals surface area contributed by atoms with Crippen LogP contribution in [-0.2, 0) is 6.54 Å². The molecule has 0 bridgehead atoms. The summed E-state index contributed by atoms with van der Waals surface area (Å²) in [7, 11) is 3.15. The lowest BCUT2D eigenvalue weighted by molar-refractivity contribution is 0.355. The second-order valence-corrected chi connectivity index (χ2v) is 8.53. The predicted molar refractivity (Wildman–Crippen MR) is 144 cm³/mol. The van der Waals surface area contributed by atoms with Crippen molar-refractivity contribution in [3.63, 3.8) is 0 Å². The normalized spacial score (nSPS) is 11.7. The summed E-state index contributed by atoms with van der Waals surface area (Å²) in [6.07, 6.45) is 0. The summed E-state index contributed by atoms with van der Waals surface area (Å²) >= 11 is 0. The van der Waals surface area contributed by atoms with Gasteiger partial charge in [-0.15, -0.1) is 10.2 Å². The molecule has 38 heavy (non-hydrogen) atoms. The first-order valence-electron chi connectivity index (χ1n) is 12.0. The Bertz CT molecular complexity index is 1550. The second kappa shape index (κ2) is 11.0. The molecule has 0 amide bonds. The first kappa shape index (κ1) is 24.8. The Morgan fingerprint density at radius 2 is 1.61 bits per heavy atom. The van der Waals surface area contributed by atoms with Crippen molar-refractivity contribution in [1.29, 1.82) is 0 Å². The summed E-state index contributed by atoms with van der Waals surface area (Å²) in [5.41, 5.74) is 3.48. The quantitative estimate of drug-likeness (QED) is 0.268. The van der Waals surface area contributed by atoms with Crippen molar-refractivity contribution < 1.29 is 13.9 Å². The third-order valence-corrected chi connectivity index (χ3v) is 5.98. The maximum Gasteiger partial charge on any atom is 0.227 e. The number of hydrogen-bond donors (Lipinski definition) is 2. The van der Waals surface area contributed by atoms with E-state index in [0.29, 0.717) is 52.4 Å². The molecule has 3 aromatic carbocycles. The van der Waals surface area contributed by atoms with Crippen molar-refractivity contribution in [3.05, 3.63) is 89.7 Å². The average Bonchev–Trinajstić information content (AvgIpc) is 2.96. The van der Waals surface area contributed by atoms with E-state index in [0.717, 1.165) is 11.1 Å². The van der Waals surface area contributed by atoms with E-state index in [1.54, 1.807) is 38.5 Å². The zero-order valence-electron chi connectivity index (χ0n) is 21.1. The summed E-state index contributed by atoms with van der Waals surface area (Å²) in [5, 5.41) is 15.3. The topological polar surface area (TPSA) is 107 Å². The van der Waals surface area contributed by atoms with Crippen LogP contribution >= 0.6 is 0 Å². The molecule has 5 rings (SSSR count). The highest BCUT2D eigenvalue weighted by Crippen LogP contribution is 2.32. The molecule has 0 saturated carbocycles. The van der Waals surface area contributed by atoms with Gasteiger partial charge in [0, 0.05) is 12.1 Å². The molecule has 1 atom stereocenters. The van der Waals surface area contributed by atoms with Gasteiger partial charge in [0.1, 0.15) is 5.82 Å². The Kier molecular flexibility index (Phi) is 7.21. The highest BCUT2D eigenvalue weighted by atomic mass is 19.1. The summed E-state index contributed by atoms with van der Waals surface area (Å²) < 4.78 is 24.1. The number of ether oxygens (including phenoxy) is 2. The van der Waals surface area contributed by atoms with E-state index in [-0.39, 0.29) is 11.9 Å². The number of nitrogens with one attached hydrogen (secondary N) is 2. The first-order valence-corrected chi connectivity index (χ1v) is 12.0. The third-order valence-electron chi connectivity index (χ3n) is 5.98. The van der Waals surface area contributed by atoms with Gasteiger partial charge in [-0.2, -0.15) is 9.97 Å². The molecule has 9 nitrogen and oxygen atoms in total. The Balaban J connectivity index is 1.53. The molecule has 0 saturated heterocycles. The average molecular weight is 512 g/mol. The Hall–Kier alpha value is -4.86. The van der Waals surface area contributed by atoms with Crippen LogP contribution in [0.4, 0.5) is 16.2 Å². The number of halogens is 1. The fourth-order valence-electron chi connectivity index (χ4n) is 3.93. The van der Waals surface area contributed by atoms with Crippen LogP contribution in [0.3, 0.4) is 0 Å². The summed E-state index contributed by atoms with van der Waals surface area (Å²) in [5.74, 6) is 2.11. The molecule has 0 radical (unpaired) electrons. The molecular weight excluding hydrogens is 485 g/mol. The van der Waals surface area contributed by atoms with E-state index >= 15 is 0 Å². The van der Waals surface area contributed by atoms with E-state index < -0.39 is 0 Å². The maximum atomic E-state index is 13.3. The minimum absolute atomic E-state index is 0.0706. The summed E-state index contributed by atoms with van der Waals surface area (Å²) in [6, 6.07) is 21.6. The smallest absolute Gasteiger partial charge is 0.227 e. The second-order valence-electron chi connectivity index (χ2n) is 8.53. The van der Waals surface area contributed by atoms with E-state index in [1.165, 1.54) is 12.1 Å². The molecule has 0 aliphatic rings. The molecule has 1 unspecified atom stereocenters. The molecule has 0 spiro atoms. The van der Waals surface area contributed by atoms with Crippen LogP contribution < -0.4 is 20.1 Å². The Morgan fingerprint density at radius 1 is 0.842 bits per heavy atom. The predicted octanol–water partition coefficient (Wildman–Crippen LogP) is 5.42. The fourth-order valence-corrected chi connectivity index (χ4v) is 3.93. The number of fused-ring (bicyclic) bond motifs is 1. The van der Waals surface area contributed by atoms with Crippen molar-refractivity contribution >= 4 is 22.9 Å². The number of benzene rings is 3. The van der Waals surface area contributed by atoms with Crippen LogP contribution in [0.2, 0.25) is 0 Å². The van der Waals surface area contributed by atoms with Crippen molar-refractivity contribution in [2.24, 2.45) is 0 Å². The van der Waals surface area contributed by atoms with E-state index in [1.807, 2.05) is 43.3 Å². The minimum Gasteiger partial charge on any atom is -0.493 e. The summed E-state index contributed by atoms with van der Waals surface area (Å²) in [6.45, 7) is 2.45. The zero-order valence-corrected chi connectivity index (χ0v) is 21.1. The Labute approximate surface area is 219 Å². The van der Waals surface area contributed by atoms with E-state index in [4.69, 9.17) is 19.4 Å². The van der Waals surface area contributed by atoms with Gasteiger partial charge in [0.25, 0.3) is 0 Å². The van der Waals surface area contributed by atoms with Gasteiger partial charge < -0.3 is 20.1 Å². The number of hydrogen-bond acceptors (Lipinski definition) is 9. The SMILES string of the molecule is COc1ccc(-c2nnc3nc(NCc4ccc(F)cc4)nc(NC(C)c4ccccc4)c3n2)cc1OC. The molecule has 2 heterocycles. The number of anilines is 2. The lowest BCUT2D eigenvalue weighted by Crippen LogP contribution is -2.12. The van der Waals surface area contributed by atoms with Gasteiger partial charge in [-0.05, 0) is 48.4 Å². The fraction of sp³-hybridized carbons (Fsp3) is 0.179. The largest absolute Gasteiger partial charge is 0.493 e. The van der Waals surface area contributed by atoms with Crippen LogP contribution in [0.25, 0.3) is 22.6 Å². The van der Waals surface area contributed by atoms with Gasteiger partial charge in [-0.1, -0.05) is 42.5 Å². The highest BCUT2D eigenvalue weighted by Gasteiger charge is 2.17. The number of rotatable bonds is 9. The van der Waals surface area contributed by atoms with Gasteiger partial charge in [0.15, 0.2) is 28.7 Å². The van der Waals surface area contributed by atoms with Crippen LogP contribution in [0, 0.1) is 5.82 Å². The molecular formula is C28H26FN7O2. The number of nitrogens with zero attached hydrogens (tertiary/aromatic N) is 5. The van der Waals surface area contributed by atoms with Gasteiger partial charge >= 0.3 is 0 Å². The van der Waals surface area contributed by atoms with Crippen molar-refractivity contribution in [3.8, 4) is 22.9 Å². The molecule has 192 valence electrons. The standard InChI is InChI=1S/C28H26FN7O2/c1-17(19-7-5-4-6-8-19)31-26-24-27(34-28(33-26)30-16-18-9-12-21(29)13-10-18)36-35-25(32-24)20-11-14-22(37-2)23(15-20)38-3/h4-15,17H,16H2,1-3H3,(H2,30,31,33,34,36). The number of methoxy groups -OCH3 is 2. The van der Waals surface area contributed by atoms with Gasteiger partial charge in [-0.3, -0.25) is 0 Å². The van der Waals surface area contributed by atoms with E-state index in [9.17, 15) is 4.39 Å². The maximum absolute atomic E-state index is 13.3. The molecule has 0 fully saturated rings. The minimum atomic E-state index is -0.288. The first-order chi connectivity index (χ1) is 18.5. The molecule has 5 aromatic rings. The van der Waals surface area contributed by atoms with Gasteiger partial charge in [0.2, 0.25) is 11.6 Å². The highest BCUT2D eigenvalue weighted by molar-refractivity contribution is 5.84. The summed E-state index contributed by atoms with van der Waals surface area (Å²) in [4.78, 5) is 14.0. The zero-order chi connectivity index (χ0) is 26.5. The third kappa shape index (κ3) is 5.44. The molecule has 0 aliphatic carbocycles. The lowest BCUT2D eigenvalue weighted by atomic mass is 10.1. The van der Waals surface area contributed by atoms with Crippen molar-refractivity contribution in [2.75, 3.05) is 24.9 Å². The molecule has 2 N–H and O–H groups in total. The van der Waals surface area contributed by atoms with Gasteiger partial charge in [-0.25, -0.2) is 9.37 Å².